The van der Waals surface area contributed by atoms with Crippen molar-refractivity contribution in [1.29, 1.82) is 0 Å². The van der Waals surface area contributed by atoms with Crippen molar-refractivity contribution in [2.45, 2.75) is 25.7 Å². The molecule has 0 bridgehead atoms. The number of hydrogen-bond donors (Lipinski definition) is 1. The van der Waals surface area contributed by atoms with Crippen molar-refractivity contribution in [3.8, 4) is 0 Å². The summed E-state index contributed by atoms with van der Waals surface area (Å²) in [5.41, 5.74) is 2.98. The normalized spacial score (nSPS) is 24.0. The zero-order valence-electron chi connectivity index (χ0n) is 6.06. The summed E-state index contributed by atoms with van der Waals surface area (Å²) < 4.78 is 0. The molecule has 2 rings (SSSR count). The first-order chi connectivity index (χ1) is 4.97. The number of aliphatic imine (C=N–C) groups is 1. The summed E-state index contributed by atoms with van der Waals surface area (Å²) in [5, 5.41) is 3.21. The maximum atomic E-state index is 4.17. The molecule has 2 aliphatic rings. The zero-order valence-corrected chi connectivity index (χ0v) is 6.06. The highest BCUT2D eigenvalue weighted by molar-refractivity contribution is 5.60. The van der Waals surface area contributed by atoms with E-state index in [-0.39, 0.29) is 0 Å². The second-order valence-corrected chi connectivity index (χ2v) is 2.90. The molecule has 54 valence electrons. The second kappa shape index (κ2) is 2.45. The lowest BCUT2D eigenvalue weighted by Crippen LogP contribution is -2.21. The molecule has 1 aliphatic heterocycles. The molecule has 0 radical (unpaired) electrons. The van der Waals surface area contributed by atoms with E-state index in [2.05, 4.69) is 10.3 Å². The Labute approximate surface area is 61.0 Å². The molecule has 1 heterocycles. The molecule has 0 unspecified atom stereocenters. The minimum absolute atomic E-state index is 0.947. The summed E-state index contributed by atoms with van der Waals surface area (Å²) in [4.78, 5) is 4.17. The van der Waals surface area contributed by atoms with Crippen LogP contribution in [0.1, 0.15) is 25.7 Å². The average molecular weight is 136 g/mol. The van der Waals surface area contributed by atoms with Crippen LogP contribution in [0.15, 0.2) is 16.3 Å². The molecule has 1 N–H and O–H groups in total. The fraction of sp³-hybridized carbons (Fsp3) is 0.625. The van der Waals surface area contributed by atoms with Gasteiger partial charge in [-0.2, -0.15) is 0 Å². The van der Waals surface area contributed by atoms with Crippen molar-refractivity contribution >= 4 is 6.34 Å². The van der Waals surface area contributed by atoms with E-state index in [1.165, 1.54) is 37.0 Å². The molecule has 0 saturated carbocycles. The molecule has 2 nitrogen and oxygen atoms in total. The molecular weight excluding hydrogens is 124 g/mol. The Kier molecular flexibility index (Phi) is 1.46. The summed E-state index contributed by atoms with van der Waals surface area (Å²) in [6, 6.07) is 0. The molecule has 0 spiro atoms. The molecule has 10 heavy (non-hydrogen) atoms. The minimum atomic E-state index is 0.947. The molecule has 0 atom stereocenters. The van der Waals surface area contributed by atoms with Gasteiger partial charge >= 0.3 is 0 Å². The molecule has 0 fully saturated rings. The van der Waals surface area contributed by atoms with Gasteiger partial charge in [0.05, 0.1) is 12.9 Å². The maximum Gasteiger partial charge on any atom is 0.0869 e. The Bertz CT molecular complexity index is 171. The number of nitrogens with one attached hydrogen (secondary N) is 1. The van der Waals surface area contributed by atoms with E-state index in [1.807, 2.05) is 6.34 Å². The number of nitrogens with zero attached hydrogens (tertiary/aromatic N) is 1. The second-order valence-electron chi connectivity index (χ2n) is 2.90. The third kappa shape index (κ3) is 0.939. The summed E-state index contributed by atoms with van der Waals surface area (Å²) in [6.45, 7) is 0.947. The standard InChI is InChI=1S/C8H12N2/c1-2-4-8-7(3-1)5-9-6-10-8/h6H,1-5H2,(H,9,10). The van der Waals surface area contributed by atoms with Crippen LogP contribution in [0.3, 0.4) is 0 Å². The van der Waals surface area contributed by atoms with Gasteiger partial charge in [0.15, 0.2) is 0 Å². The lowest BCUT2D eigenvalue weighted by molar-refractivity contribution is 0.637. The van der Waals surface area contributed by atoms with Gasteiger partial charge in [0.25, 0.3) is 0 Å². The molecule has 1 aliphatic carbocycles. The van der Waals surface area contributed by atoms with Crippen LogP contribution in [0, 0.1) is 0 Å². The molecular formula is C8H12N2. The summed E-state index contributed by atoms with van der Waals surface area (Å²) in [6.07, 6.45) is 7.03. The van der Waals surface area contributed by atoms with E-state index in [4.69, 9.17) is 0 Å². The van der Waals surface area contributed by atoms with E-state index in [0.29, 0.717) is 0 Å². The van der Waals surface area contributed by atoms with Gasteiger partial charge in [-0.15, -0.1) is 0 Å². The molecule has 0 saturated heterocycles. The van der Waals surface area contributed by atoms with Gasteiger partial charge in [0, 0.05) is 5.70 Å². The van der Waals surface area contributed by atoms with Crippen LogP contribution in [0.5, 0.6) is 0 Å². The Morgan fingerprint density at radius 3 is 3.10 bits per heavy atom. The predicted molar refractivity (Wildman–Crippen MR) is 42.0 cm³/mol. The van der Waals surface area contributed by atoms with Crippen LogP contribution in [-0.4, -0.2) is 12.9 Å². The number of allylic oxidation sites excluding steroid dienone is 1. The van der Waals surface area contributed by atoms with E-state index >= 15 is 0 Å². The predicted octanol–water partition coefficient (Wildman–Crippen LogP) is 1.45. The third-order valence-electron chi connectivity index (χ3n) is 2.19. The van der Waals surface area contributed by atoms with Gasteiger partial charge in [-0.25, -0.2) is 0 Å². The topological polar surface area (TPSA) is 24.4 Å². The number of rotatable bonds is 0. The summed E-state index contributed by atoms with van der Waals surface area (Å²) in [5.74, 6) is 0. The van der Waals surface area contributed by atoms with Crippen LogP contribution in [-0.2, 0) is 0 Å². The third-order valence-corrected chi connectivity index (χ3v) is 2.19. The first-order valence-electron chi connectivity index (χ1n) is 3.92. The zero-order chi connectivity index (χ0) is 6.81. The highest BCUT2D eigenvalue weighted by atomic mass is 15.0. The first kappa shape index (κ1) is 5.96. The van der Waals surface area contributed by atoms with Crippen molar-refractivity contribution in [2.24, 2.45) is 4.99 Å². The minimum Gasteiger partial charge on any atom is -0.350 e. The van der Waals surface area contributed by atoms with E-state index in [9.17, 15) is 0 Å². The van der Waals surface area contributed by atoms with Gasteiger partial charge in [0.2, 0.25) is 0 Å². The van der Waals surface area contributed by atoms with Crippen LogP contribution in [0.2, 0.25) is 0 Å². The molecule has 0 aromatic carbocycles. The van der Waals surface area contributed by atoms with Gasteiger partial charge in [-0.05, 0) is 31.3 Å². The van der Waals surface area contributed by atoms with E-state index in [0.717, 1.165) is 6.54 Å². The van der Waals surface area contributed by atoms with Crippen LogP contribution >= 0.6 is 0 Å². The lowest BCUT2D eigenvalue weighted by Gasteiger charge is -2.21. The SMILES string of the molecule is C1=NCC2=C(CCCC2)N1. The van der Waals surface area contributed by atoms with Crippen molar-refractivity contribution in [1.82, 2.24) is 5.32 Å². The first-order valence-corrected chi connectivity index (χ1v) is 3.92. The summed E-state index contributed by atoms with van der Waals surface area (Å²) >= 11 is 0. The Hall–Kier alpha value is -0.790. The Balaban J connectivity index is 2.17. The van der Waals surface area contributed by atoms with E-state index < -0.39 is 0 Å². The monoisotopic (exact) mass is 136 g/mol. The van der Waals surface area contributed by atoms with Gasteiger partial charge in [0.1, 0.15) is 0 Å². The van der Waals surface area contributed by atoms with Crippen LogP contribution < -0.4 is 5.32 Å². The van der Waals surface area contributed by atoms with Crippen molar-refractivity contribution in [2.75, 3.05) is 6.54 Å². The lowest BCUT2D eigenvalue weighted by atomic mass is 9.96. The molecule has 0 aromatic rings. The molecule has 2 heteroatoms. The smallest absolute Gasteiger partial charge is 0.0869 e. The largest absolute Gasteiger partial charge is 0.350 e. The van der Waals surface area contributed by atoms with Crippen LogP contribution in [0.4, 0.5) is 0 Å². The quantitative estimate of drug-likeness (QED) is 0.535. The van der Waals surface area contributed by atoms with Crippen LogP contribution in [0.25, 0.3) is 0 Å². The van der Waals surface area contributed by atoms with Gasteiger partial charge in [-0.3, -0.25) is 4.99 Å². The highest BCUT2D eigenvalue weighted by Crippen LogP contribution is 2.23. The van der Waals surface area contributed by atoms with Gasteiger partial charge < -0.3 is 5.32 Å². The van der Waals surface area contributed by atoms with Crippen molar-refractivity contribution < 1.29 is 0 Å². The van der Waals surface area contributed by atoms with Gasteiger partial charge in [-0.1, -0.05) is 0 Å². The molecule has 0 aromatic heterocycles. The Morgan fingerprint density at radius 1 is 1.30 bits per heavy atom. The Morgan fingerprint density at radius 2 is 2.20 bits per heavy atom. The van der Waals surface area contributed by atoms with Crippen molar-refractivity contribution in [3.63, 3.8) is 0 Å². The molecule has 0 amide bonds. The summed E-state index contributed by atoms with van der Waals surface area (Å²) in [7, 11) is 0. The fourth-order valence-electron chi connectivity index (χ4n) is 1.60. The highest BCUT2D eigenvalue weighted by Gasteiger charge is 2.12. The maximum absolute atomic E-state index is 4.17. The van der Waals surface area contributed by atoms with Crippen molar-refractivity contribution in [3.05, 3.63) is 11.3 Å². The fourth-order valence-corrected chi connectivity index (χ4v) is 1.60. The average Bonchev–Trinajstić information content (AvgIpc) is 2.05. The van der Waals surface area contributed by atoms with E-state index in [1.54, 1.807) is 0 Å². The number of hydrogen-bond acceptors (Lipinski definition) is 2.